The molecule has 0 unspecified atom stereocenters. The van der Waals surface area contributed by atoms with Gasteiger partial charge in [-0.1, -0.05) is 194 Å². The lowest BCUT2D eigenvalue weighted by Gasteiger charge is -2.28. The van der Waals surface area contributed by atoms with E-state index in [0.29, 0.717) is 0 Å². The van der Waals surface area contributed by atoms with Crippen LogP contribution in [-0.4, -0.2) is 4.57 Å². The predicted molar refractivity (Wildman–Crippen MR) is 274 cm³/mol. The van der Waals surface area contributed by atoms with E-state index < -0.39 is 0 Å². The summed E-state index contributed by atoms with van der Waals surface area (Å²) in [7, 11) is 0. The zero-order valence-corrected chi connectivity index (χ0v) is 35.4. The molecule has 0 spiro atoms. The second-order valence-electron chi connectivity index (χ2n) is 16.9. The third-order valence-electron chi connectivity index (χ3n) is 13.1. The molecule has 2 heterocycles. The number of hydrogen-bond acceptors (Lipinski definition) is 2. The van der Waals surface area contributed by atoms with Gasteiger partial charge in [0.05, 0.1) is 16.7 Å². The number of hydrogen-bond donors (Lipinski definition) is 0. The number of furan rings is 1. The van der Waals surface area contributed by atoms with Gasteiger partial charge in [-0.25, -0.2) is 0 Å². The average Bonchev–Trinajstić information content (AvgIpc) is 3.92. The topological polar surface area (TPSA) is 21.3 Å². The van der Waals surface area contributed by atoms with Crippen LogP contribution in [0.4, 0.5) is 17.1 Å². The summed E-state index contributed by atoms with van der Waals surface area (Å²) in [6.07, 6.45) is 0. The Morgan fingerprint density at radius 3 is 1.68 bits per heavy atom. The lowest BCUT2D eigenvalue weighted by molar-refractivity contribution is 0.669. The monoisotopic (exact) mass is 828 g/mol. The van der Waals surface area contributed by atoms with Crippen molar-refractivity contribution >= 4 is 82.4 Å². The summed E-state index contributed by atoms with van der Waals surface area (Å²) in [4.78, 5) is 2.43. The molecule has 0 saturated heterocycles. The molecule has 3 nitrogen and oxygen atoms in total. The van der Waals surface area contributed by atoms with Crippen LogP contribution in [0.2, 0.25) is 0 Å². The highest BCUT2D eigenvalue weighted by molar-refractivity contribution is 6.21. The van der Waals surface area contributed by atoms with Gasteiger partial charge in [0, 0.05) is 49.4 Å². The number of para-hydroxylation sites is 1. The Bertz CT molecular complexity index is 3940. The van der Waals surface area contributed by atoms with E-state index in [1.165, 1.54) is 49.3 Å². The Hall–Kier alpha value is -8.66. The van der Waals surface area contributed by atoms with Crippen molar-refractivity contribution in [2.45, 2.75) is 0 Å². The maximum absolute atomic E-state index is 6.97. The molecule has 0 fully saturated rings. The van der Waals surface area contributed by atoms with Crippen LogP contribution in [0.3, 0.4) is 0 Å². The lowest BCUT2D eigenvalue weighted by atomic mass is 9.99. The van der Waals surface area contributed by atoms with Crippen molar-refractivity contribution in [1.82, 2.24) is 4.57 Å². The van der Waals surface area contributed by atoms with E-state index in [2.05, 4.69) is 252 Å². The number of anilines is 3. The van der Waals surface area contributed by atoms with Gasteiger partial charge >= 0.3 is 0 Å². The summed E-state index contributed by atoms with van der Waals surface area (Å²) in [5.41, 5.74) is 15.3. The molecule has 304 valence electrons. The zero-order chi connectivity index (χ0) is 42.8. The largest absolute Gasteiger partial charge is 0.454 e. The van der Waals surface area contributed by atoms with E-state index in [1.54, 1.807) is 0 Å². The molecular weight excluding hydrogens is 789 g/mol. The average molecular weight is 829 g/mol. The van der Waals surface area contributed by atoms with Crippen LogP contribution in [-0.2, 0) is 0 Å². The number of fused-ring (bicyclic) bond motifs is 9. The Morgan fingerprint density at radius 2 is 0.892 bits per heavy atom. The van der Waals surface area contributed by atoms with Crippen LogP contribution in [0.15, 0.2) is 247 Å². The molecule has 0 aliphatic carbocycles. The first-order chi connectivity index (χ1) is 32.2. The SMILES string of the molecule is c1ccc(-c2ccc(-c3cccc(N(c4ccc5c6ccc7ccccc7c6n(-c6cccc(-c7ccccc7)c6)c5c4)c4c5ccccc5cc5c4oc4ccccc45)c3)cc2)cc1. The molecule has 0 aliphatic rings. The summed E-state index contributed by atoms with van der Waals surface area (Å²) >= 11 is 0. The van der Waals surface area contributed by atoms with E-state index in [1.807, 2.05) is 0 Å². The third kappa shape index (κ3) is 6.12. The standard InChI is InChI=1S/C62H40N2O/c1-3-15-41(16-4-1)43-29-31-44(32-30-43)47-22-13-23-49(37-47)63(61-53-26-10-8-20-48(53)39-57-55-27-11-12-28-59(55)65-62(57)61)51-34-36-54-56-35-33-45-19-7-9-25-52(45)60(56)64(58(54)40-51)50-24-14-21-46(38-50)42-17-5-2-6-18-42/h1-40H. The van der Waals surface area contributed by atoms with Crippen LogP contribution < -0.4 is 4.90 Å². The number of benzene rings is 11. The first-order valence-electron chi connectivity index (χ1n) is 22.2. The van der Waals surface area contributed by atoms with Gasteiger partial charge in [0.25, 0.3) is 0 Å². The van der Waals surface area contributed by atoms with E-state index in [4.69, 9.17) is 4.42 Å². The summed E-state index contributed by atoms with van der Waals surface area (Å²) in [5.74, 6) is 0. The van der Waals surface area contributed by atoms with Gasteiger partial charge in [0.2, 0.25) is 0 Å². The smallest absolute Gasteiger partial charge is 0.160 e. The second-order valence-corrected chi connectivity index (χ2v) is 16.9. The van der Waals surface area contributed by atoms with Crippen molar-refractivity contribution in [1.29, 1.82) is 0 Å². The van der Waals surface area contributed by atoms with E-state index in [9.17, 15) is 0 Å². The van der Waals surface area contributed by atoms with Crippen molar-refractivity contribution < 1.29 is 4.42 Å². The third-order valence-corrected chi connectivity index (χ3v) is 13.1. The Morgan fingerprint density at radius 1 is 0.323 bits per heavy atom. The van der Waals surface area contributed by atoms with Crippen molar-refractivity contribution in [3.8, 4) is 39.1 Å². The summed E-state index contributed by atoms with van der Waals surface area (Å²) in [6.45, 7) is 0. The van der Waals surface area contributed by atoms with Gasteiger partial charge < -0.3 is 13.9 Å². The van der Waals surface area contributed by atoms with Crippen LogP contribution in [0.1, 0.15) is 0 Å². The molecule has 11 aromatic carbocycles. The summed E-state index contributed by atoms with van der Waals surface area (Å²) in [5, 5.41) is 9.29. The number of aromatic nitrogens is 1. The molecule has 0 amide bonds. The lowest BCUT2D eigenvalue weighted by Crippen LogP contribution is -2.11. The van der Waals surface area contributed by atoms with Crippen molar-refractivity contribution in [3.05, 3.63) is 243 Å². The molecule has 0 radical (unpaired) electrons. The molecule has 65 heavy (non-hydrogen) atoms. The minimum atomic E-state index is 0.852. The molecule has 0 saturated carbocycles. The van der Waals surface area contributed by atoms with Crippen LogP contribution in [0.5, 0.6) is 0 Å². The molecule has 3 heteroatoms. The summed E-state index contributed by atoms with van der Waals surface area (Å²) in [6, 6.07) is 87.8. The number of nitrogens with zero attached hydrogens (tertiary/aromatic N) is 2. The minimum Gasteiger partial charge on any atom is -0.454 e. The highest BCUT2D eigenvalue weighted by Gasteiger charge is 2.25. The predicted octanol–water partition coefficient (Wildman–Crippen LogP) is 17.5. The van der Waals surface area contributed by atoms with Gasteiger partial charge in [-0.15, -0.1) is 0 Å². The van der Waals surface area contributed by atoms with Crippen LogP contribution >= 0.6 is 0 Å². The minimum absolute atomic E-state index is 0.852. The normalized spacial score (nSPS) is 11.7. The van der Waals surface area contributed by atoms with Crippen molar-refractivity contribution in [2.75, 3.05) is 4.90 Å². The molecule has 2 aromatic heterocycles. The molecule has 0 bridgehead atoms. The van der Waals surface area contributed by atoms with E-state index in [-0.39, 0.29) is 0 Å². The fourth-order valence-corrected chi connectivity index (χ4v) is 10.1. The quantitative estimate of drug-likeness (QED) is 0.160. The molecular formula is C62H40N2O. The molecule has 13 rings (SSSR count). The first-order valence-corrected chi connectivity index (χ1v) is 22.2. The fraction of sp³-hybridized carbons (Fsp3) is 0. The highest BCUT2D eigenvalue weighted by atomic mass is 16.3. The van der Waals surface area contributed by atoms with Gasteiger partial charge in [-0.2, -0.15) is 0 Å². The fourth-order valence-electron chi connectivity index (χ4n) is 10.1. The highest BCUT2D eigenvalue weighted by Crippen LogP contribution is 2.48. The van der Waals surface area contributed by atoms with Crippen LogP contribution in [0.25, 0.3) is 104 Å². The van der Waals surface area contributed by atoms with Crippen LogP contribution in [0, 0.1) is 0 Å². The second kappa shape index (κ2) is 15.0. The Kier molecular flexibility index (Phi) is 8.53. The van der Waals surface area contributed by atoms with Crippen molar-refractivity contribution in [3.63, 3.8) is 0 Å². The van der Waals surface area contributed by atoms with Gasteiger partial charge in [-0.3, -0.25) is 0 Å². The maximum atomic E-state index is 6.97. The zero-order valence-electron chi connectivity index (χ0n) is 35.4. The molecule has 0 N–H and O–H groups in total. The van der Waals surface area contributed by atoms with E-state index >= 15 is 0 Å². The Labute approximate surface area is 376 Å². The van der Waals surface area contributed by atoms with E-state index in [0.717, 1.165) is 72.1 Å². The van der Waals surface area contributed by atoms with Crippen molar-refractivity contribution in [2.24, 2.45) is 0 Å². The molecule has 0 atom stereocenters. The van der Waals surface area contributed by atoms with Gasteiger partial charge in [-0.05, 0) is 92.7 Å². The maximum Gasteiger partial charge on any atom is 0.160 e. The Balaban J connectivity index is 1.09. The van der Waals surface area contributed by atoms with Gasteiger partial charge in [0.1, 0.15) is 5.58 Å². The first kappa shape index (κ1) is 36.9. The van der Waals surface area contributed by atoms with Gasteiger partial charge in [0.15, 0.2) is 5.58 Å². The molecule has 0 aliphatic heterocycles. The number of rotatable bonds is 7. The molecule has 13 aromatic rings. The summed E-state index contributed by atoms with van der Waals surface area (Å²) < 4.78 is 9.45.